The van der Waals surface area contributed by atoms with Crippen LogP contribution in [0.2, 0.25) is 0 Å². The molecule has 2 heteroatoms. The van der Waals surface area contributed by atoms with E-state index in [4.69, 9.17) is 0 Å². The molecule has 0 fully saturated rings. The molecule has 0 spiro atoms. The van der Waals surface area contributed by atoms with Gasteiger partial charge in [0.15, 0.2) is 0 Å². The van der Waals surface area contributed by atoms with E-state index in [1.807, 2.05) is 0 Å². The molecule has 202 valence electrons. The van der Waals surface area contributed by atoms with E-state index in [1.165, 1.54) is 154 Å². The summed E-state index contributed by atoms with van der Waals surface area (Å²) in [6.45, 7) is 10.6. The summed E-state index contributed by atoms with van der Waals surface area (Å²) in [6, 6.07) is 0.608. The third-order valence-electron chi connectivity index (χ3n) is 7.84. The largest absolute Gasteiger partial charge is 0.356 e. The first kappa shape index (κ1) is 31.4. The van der Waals surface area contributed by atoms with Crippen molar-refractivity contribution in [1.29, 1.82) is 0 Å². The van der Waals surface area contributed by atoms with E-state index < -0.39 is 0 Å². The van der Waals surface area contributed by atoms with E-state index in [1.54, 1.807) is 0 Å². The van der Waals surface area contributed by atoms with Crippen molar-refractivity contribution >= 4 is 0 Å². The second-order valence-corrected chi connectivity index (χ2v) is 11.4. The van der Waals surface area contributed by atoms with Crippen molar-refractivity contribution < 1.29 is 0 Å². The van der Waals surface area contributed by atoms with E-state index in [-0.39, 0.29) is 0 Å². The summed E-state index contributed by atoms with van der Waals surface area (Å²) in [5, 5.41) is 0. The minimum atomic E-state index is 0.608. The molecule has 0 saturated carbocycles. The first-order valence-corrected chi connectivity index (χ1v) is 15.9. The Kier molecular flexibility index (Phi) is 21.0. The van der Waals surface area contributed by atoms with Crippen molar-refractivity contribution in [3.63, 3.8) is 0 Å². The number of hydrogen-bond donors (Lipinski definition) is 0. The third kappa shape index (κ3) is 16.1. The lowest BCUT2D eigenvalue weighted by molar-refractivity contribution is 0.114. The maximum absolute atomic E-state index is 2.65. The second-order valence-electron chi connectivity index (χ2n) is 11.4. The van der Waals surface area contributed by atoms with Crippen LogP contribution in [0.4, 0.5) is 0 Å². The highest BCUT2D eigenvalue weighted by molar-refractivity contribution is 4.98. The summed E-state index contributed by atoms with van der Waals surface area (Å²) in [5.41, 5.74) is 0. The van der Waals surface area contributed by atoms with Gasteiger partial charge in [-0.2, -0.15) is 0 Å². The molecule has 0 aromatic rings. The number of unbranched alkanes of at least 4 members (excludes halogenated alkanes) is 20. The Hall–Kier alpha value is -0.660. The first-order valence-electron chi connectivity index (χ1n) is 15.9. The predicted molar refractivity (Wildman–Crippen MR) is 154 cm³/mol. The maximum Gasteiger partial charge on any atom is 0.101 e. The minimum Gasteiger partial charge on any atom is -0.356 e. The zero-order valence-corrected chi connectivity index (χ0v) is 24.2. The molecule has 1 aliphatic heterocycles. The van der Waals surface area contributed by atoms with Crippen LogP contribution < -0.4 is 0 Å². The predicted octanol–water partition coefficient (Wildman–Crippen LogP) is 10.8. The van der Waals surface area contributed by atoms with Gasteiger partial charge < -0.3 is 9.80 Å². The van der Waals surface area contributed by atoms with Gasteiger partial charge in [-0.15, -0.1) is 0 Å². The van der Waals surface area contributed by atoms with E-state index >= 15 is 0 Å². The molecule has 1 heterocycles. The molecular formula is C32H64N2. The summed E-state index contributed by atoms with van der Waals surface area (Å²) >= 11 is 0. The zero-order chi connectivity index (χ0) is 24.7. The molecule has 0 aromatic carbocycles. The van der Waals surface area contributed by atoms with Gasteiger partial charge in [-0.25, -0.2) is 0 Å². The van der Waals surface area contributed by atoms with Gasteiger partial charge >= 0.3 is 0 Å². The van der Waals surface area contributed by atoms with Crippen molar-refractivity contribution in [2.75, 3.05) is 6.54 Å². The van der Waals surface area contributed by atoms with Gasteiger partial charge in [0.2, 0.25) is 0 Å². The highest BCUT2D eigenvalue weighted by Gasteiger charge is 2.26. The minimum absolute atomic E-state index is 0.608. The highest BCUT2D eigenvalue weighted by atomic mass is 15.4. The lowest BCUT2D eigenvalue weighted by Crippen LogP contribution is -2.42. The Morgan fingerprint density at radius 2 is 0.882 bits per heavy atom. The SMILES string of the molecule is CCCCCCCCCCCCCCCCN1C=CN(C(C)C)C1CCCCCCCCCC. The van der Waals surface area contributed by atoms with Crippen molar-refractivity contribution in [3.05, 3.63) is 12.4 Å². The smallest absolute Gasteiger partial charge is 0.101 e. The van der Waals surface area contributed by atoms with Gasteiger partial charge in [0, 0.05) is 25.0 Å². The monoisotopic (exact) mass is 477 g/mol. The molecule has 0 radical (unpaired) electrons. The topological polar surface area (TPSA) is 6.48 Å². The molecule has 1 rings (SSSR count). The second kappa shape index (κ2) is 22.8. The van der Waals surface area contributed by atoms with Crippen molar-refractivity contribution in [3.8, 4) is 0 Å². The summed E-state index contributed by atoms with van der Waals surface area (Å²) in [7, 11) is 0. The quantitative estimate of drug-likeness (QED) is 0.121. The van der Waals surface area contributed by atoms with E-state index in [0.717, 1.165) is 0 Å². The van der Waals surface area contributed by atoms with Crippen LogP contribution in [0.3, 0.4) is 0 Å². The lowest BCUT2D eigenvalue weighted by atomic mass is 10.0. The molecule has 0 bridgehead atoms. The van der Waals surface area contributed by atoms with Crippen molar-refractivity contribution in [2.24, 2.45) is 0 Å². The average Bonchev–Trinajstić information content (AvgIpc) is 3.24. The van der Waals surface area contributed by atoms with Gasteiger partial charge in [-0.3, -0.25) is 0 Å². The van der Waals surface area contributed by atoms with Gasteiger partial charge in [-0.05, 0) is 33.1 Å². The molecule has 0 amide bonds. The van der Waals surface area contributed by atoms with E-state index in [2.05, 4.69) is 49.9 Å². The molecular weight excluding hydrogens is 412 g/mol. The molecule has 0 aliphatic carbocycles. The summed E-state index contributed by atoms with van der Waals surface area (Å²) in [6.07, 6.45) is 38.2. The lowest BCUT2D eigenvalue weighted by Gasteiger charge is -2.35. The van der Waals surface area contributed by atoms with Crippen LogP contribution in [0.15, 0.2) is 12.4 Å². The standard InChI is InChI=1S/C32H64N2/c1-5-7-9-11-13-15-16-17-18-19-20-22-24-26-28-33-29-30-34(31(3)4)32(33)27-25-23-21-14-12-10-8-6-2/h29-32H,5-28H2,1-4H3. The Morgan fingerprint density at radius 1 is 0.500 bits per heavy atom. The van der Waals surface area contributed by atoms with E-state index in [9.17, 15) is 0 Å². The van der Waals surface area contributed by atoms with E-state index in [0.29, 0.717) is 12.2 Å². The number of nitrogens with zero attached hydrogens (tertiary/aromatic N) is 2. The number of hydrogen-bond acceptors (Lipinski definition) is 2. The molecule has 1 aliphatic rings. The van der Waals surface area contributed by atoms with Gasteiger partial charge in [0.25, 0.3) is 0 Å². The molecule has 2 nitrogen and oxygen atoms in total. The first-order chi connectivity index (χ1) is 16.7. The fraction of sp³-hybridized carbons (Fsp3) is 0.938. The summed E-state index contributed by atoms with van der Waals surface area (Å²) < 4.78 is 0. The van der Waals surface area contributed by atoms with Crippen molar-refractivity contribution in [2.45, 2.75) is 188 Å². The van der Waals surface area contributed by atoms with Gasteiger partial charge in [0.1, 0.15) is 6.17 Å². The number of rotatable bonds is 25. The molecule has 34 heavy (non-hydrogen) atoms. The molecule has 1 atom stereocenters. The third-order valence-corrected chi connectivity index (χ3v) is 7.84. The van der Waals surface area contributed by atoms with Crippen LogP contribution >= 0.6 is 0 Å². The summed E-state index contributed by atoms with van der Waals surface area (Å²) in [4.78, 5) is 5.26. The highest BCUT2D eigenvalue weighted by Crippen LogP contribution is 2.25. The van der Waals surface area contributed by atoms with Crippen LogP contribution in [0, 0.1) is 0 Å². The fourth-order valence-electron chi connectivity index (χ4n) is 5.54. The summed E-state index contributed by atoms with van der Waals surface area (Å²) in [5.74, 6) is 0. The Morgan fingerprint density at radius 3 is 1.29 bits per heavy atom. The van der Waals surface area contributed by atoms with Gasteiger partial charge in [0.05, 0.1) is 0 Å². The molecule has 0 saturated heterocycles. The van der Waals surface area contributed by atoms with Crippen LogP contribution in [-0.2, 0) is 0 Å². The van der Waals surface area contributed by atoms with Crippen LogP contribution in [0.1, 0.15) is 175 Å². The average molecular weight is 477 g/mol. The molecule has 1 unspecified atom stereocenters. The van der Waals surface area contributed by atoms with Crippen LogP contribution in [0.25, 0.3) is 0 Å². The van der Waals surface area contributed by atoms with Crippen LogP contribution in [-0.4, -0.2) is 28.6 Å². The Labute approximate surface area is 216 Å². The van der Waals surface area contributed by atoms with Crippen LogP contribution in [0.5, 0.6) is 0 Å². The molecule has 0 aromatic heterocycles. The fourth-order valence-corrected chi connectivity index (χ4v) is 5.54. The normalized spacial score (nSPS) is 15.9. The molecule has 0 N–H and O–H groups in total. The van der Waals surface area contributed by atoms with Gasteiger partial charge in [-0.1, -0.05) is 142 Å². The Balaban J connectivity index is 2.04. The zero-order valence-electron chi connectivity index (χ0n) is 24.2. The maximum atomic E-state index is 2.65. The van der Waals surface area contributed by atoms with Crippen molar-refractivity contribution in [1.82, 2.24) is 9.80 Å². The Bertz CT molecular complexity index is 444.